The number of methoxy groups -OCH3 is 1. The van der Waals surface area contributed by atoms with Gasteiger partial charge in [-0.3, -0.25) is 0 Å². The van der Waals surface area contributed by atoms with Gasteiger partial charge in [0.1, 0.15) is 12.4 Å². The zero-order chi connectivity index (χ0) is 13.7. The number of amidine groups is 1. The topological polar surface area (TPSA) is 56.8 Å². The van der Waals surface area contributed by atoms with Crippen LogP contribution in [0.2, 0.25) is 5.02 Å². The molecule has 0 aliphatic heterocycles. The van der Waals surface area contributed by atoms with Crippen LogP contribution >= 0.6 is 22.9 Å². The highest BCUT2D eigenvalue weighted by Crippen LogP contribution is 2.23. The van der Waals surface area contributed by atoms with Gasteiger partial charge in [-0.2, -0.15) is 0 Å². The summed E-state index contributed by atoms with van der Waals surface area (Å²) in [6.45, 7) is 0.246. The van der Waals surface area contributed by atoms with Crippen molar-refractivity contribution in [3.05, 3.63) is 51.2 Å². The first-order valence-corrected chi connectivity index (χ1v) is 6.78. The Morgan fingerprint density at radius 2 is 2.26 bits per heavy atom. The molecule has 0 fully saturated rings. The third kappa shape index (κ3) is 3.62. The van der Waals surface area contributed by atoms with Gasteiger partial charge in [0.2, 0.25) is 0 Å². The Morgan fingerprint density at radius 3 is 2.95 bits per heavy atom. The van der Waals surface area contributed by atoms with Crippen LogP contribution in [0.3, 0.4) is 0 Å². The summed E-state index contributed by atoms with van der Waals surface area (Å²) >= 11 is 7.43. The standard InChI is InChI=1S/C13H13ClN2O2S/c1-17-11-5-4-10(14)7-9(11)8-18-16-13(15)12-3-2-6-19-12/h2-7H,8H2,1H3,(H2,15,16). The van der Waals surface area contributed by atoms with Crippen molar-refractivity contribution in [1.82, 2.24) is 0 Å². The Bertz CT molecular complexity index is 570. The lowest BCUT2D eigenvalue weighted by Gasteiger charge is -2.07. The fraction of sp³-hybridized carbons (Fsp3) is 0.154. The average Bonchev–Trinajstić information content (AvgIpc) is 2.93. The Labute approximate surface area is 120 Å². The minimum absolute atomic E-state index is 0.246. The van der Waals surface area contributed by atoms with E-state index in [2.05, 4.69) is 5.16 Å². The van der Waals surface area contributed by atoms with Crippen molar-refractivity contribution < 1.29 is 9.57 Å². The van der Waals surface area contributed by atoms with Crippen LogP contribution in [0.4, 0.5) is 0 Å². The van der Waals surface area contributed by atoms with Gasteiger partial charge in [0.05, 0.1) is 12.0 Å². The molecule has 4 nitrogen and oxygen atoms in total. The molecule has 0 radical (unpaired) electrons. The van der Waals surface area contributed by atoms with Gasteiger partial charge >= 0.3 is 0 Å². The molecule has 0 unspecified atom stereocenters. The lowest BCUT2D eigenvalue weighted by atomic mass is 10.2. The van der Waals surface area contributed by atoms with E-state index in [1.54, 1.807) is 25.3 Å². The van der Waals surface area contributed by atoms with E-state index < -0.39 is 0 Å². The fourth-order valence-electron chi connectivity index (χ4n) is 1.50. The lowest BCUT2D eigenvalue weighted by molar-refractivity contribution is 0.128. The van der Waals surface area contributed by atoms with Gasteiger partial charge in [-0.25, -0.2) is 0 Å². The second-order valence-corrected chi connectivity index (χ2v) is 5.07. The van der Waals surface area contributed by atoms with E-state index in [0.29, 0.717) is 16.6 Å². The number of nitrogens with zero attached hydrogens (tertiary/aromatic N) is 1. The largest absolute Gasteiger partial charge is 0.496 e. The van der Waals surface area contributed by atoms with Crippen molar-refractivity contribution in [2.24, 2.45) is 10.9 Å². The van der Waals surface area contributed by atoms with Gasteiger partial charge in [-0.15, -0.1) is 11.3 Å². The molecule has 0 saturated carbocycles. The maximum atomic E-state index is 5.93. The quantitative estimate of drug-likeness (QED) is 0.523. The summed E-state index contributed by atoms with van der Waals surface area (Å²) in [7, 11) is 1.59. The first kappa shape index (κ1) is 13.7. The van der Waals surface area contributed by atoms with Crippen LogP contribution in [0, 0.1) is 0 Å². The number of benzene rings is 1. The molecule has 6 heteroatoms. The normalized spacial score (nSPS) is 11.4. The molecule has 1 heterocycles. The molecule has 100 valence electrons. The molecular weight excluding hydrogens is 284 g/mol. The van der Waals surface area contributed by atoms with E-state index in [0.717, 1.165) is 10.4 Å². The summed E-state index contributed by atoms with van der Waals surface area (Å²) in [5, 5.41) is 6.42. The molecular formula is C13H13ClN2O2S. The highest BCUT2D eigenvalue weighted by Gasteiger charge is 2.05. The summed E-state index contributed by atoms with van der Waals surface area (Å²) in [6.07, 6.45) is 0. The first-order valence-electron chi connectivity index (χ1n) is 5.52. The maximum absolute atomic E-state index is 5.93. The molecule has 19 heavy (non-hydrogen) atoms. The Kier molecular flexibility index (Phi) is 4.65. The number of hydrogen-bond donors (Lipinski definition) is 1. The molecule has 0 bridgehead atoms. The summed E-state index contributed by atoms with van der Waals surface area (Å²) in [5.41, 5.74) is 6.60. The van der Waals surface area contributed by atoms with Crippen molar-refractivity contribution in [2.45, 2.75) is 6.61 Å². The summed E-state index contributed by atoms with van der Waals surface area (Å²) in [4.78, 5) is 6.11. The molecule has 0 amide bonds. The van der Waals surface area contributed by atoms with E-state index in [9.17, 15) is 0 Å². The van der Waals surface area contributed by atoms with Crippen LogP contribution < -0.4 is 10.5 Å². The van der Waals surface area contributed by atoms with Gasteiger partial charge in [-0.05, 0) is 29.6 Å². The van der Waals surface area contributed by atoms with Crippen LogP contribution in [0.5, 0.6) is 5.75 Å². The van der Waals surface area contributed by atoms with Crippen LogP contribution in [-0.2, 0) is 11.4 Å². The molecule has 0 aliphatic rings. The van der Waals surface area contributed by atoms with Crippen LogP contribution in [-0.4, -0.2) is 12.9 Å². The molecule has 1 aromatic heterocycles. The zero-order valence-electron chi connectivity index (χ0n) is 10.3. The van der Waals surface area contributed by atoms with Crippen molar-refractivity contribution in [2.75, 3.05) is 7.11 Å². The molecule has 0 aliphatic carbocycles. The van der Waals surface area contributed by atoms with Crippen molar-refractivity contribution in [3.8, 4) is 5.75 Å². The summed E-state index contributed by atoms with van der Waals surface area (Å²) in [6, 6.07) is 9.10. The SMILES string of the molecule is COc1ccc(Cl)cc1CO/N=C(\N)c1cccs1. The van der Waals surface area contributed by atoms with Crippen LogP contribution in [0.1, 0.15) is 10.4 Å². The summed E-state index contributed by atoms with van der Waals surface area (Å²) in [5.74, 6) is 1.06. The smallest absolute Gasteiger partial charge is 0.180 e. The molecule has 2 N–H and O–H groups in total. The number of halogens is 1. The Balaban J connectivity index is 2.03. The third-order valence-electron chi connectivity index (χ3n) is 2.40. The summed E-state index contributed by atoms with van der Waals surface area (Å²) < 4.78 is 5.21. The Hall–Kier alpha value is -1.72. The van der Waals surface area contributed by atoms with Crippen molar-refractivity contribution >= 4 is 28.8 Å². The van der Waals surface area contributed by atoms with E-state index in [4.69, 9.17) is 26.9 Å². The molecule has 2 aromatic rings. The Morgan fingerprint density at radius 1 is 1.42 bits per heavy atom. The number of hydrogen-bond acceptors (Lipinski definition) is 4. The van der Waals surface area contributed by atoms with Crippen molar-refractivity contribution in [3.63, 3.8) is 0 Å². The fourth-order valence-corrected chi connectivity index (χ4v) is 2.31. The van der Waals surface area contributed by atoms with Crippen molar-refractivity contribution in [1.29, 1.82) is 0 Å². The second-order valence-electron chi connectivity index (χ2n) is 3.68. The highest BCUT2D eigenvalue weighted by atomic mass is 35.5. The number of nitrogens with two attached hydrogens (primary N) is 1. The minimum Gasteiger partial charge on any atom is -0.496 e. The van der Waals surface area contributed by atoms with E-state index in [-0.39, 0.29) is 6.61 Å². The molecule has 0 atom stereocenters. The monoisotopic (exact) mass is 296 g/mol. The number of thiophene rings is 1. The van der Waals surface area contributed by atoms with E-state index in [1.807, 2.05) is 17.5 Å². The molecule has 0 spiro atoms. The van der Waals surface area contributed by atoms with Crippen LogP contribution in [0.25, 0.3) is 0 Å². The molecule has 1 aromatic carbocycles. The number of ether oxygens (including phenoxy) is 1. The molecule has 2 rings (SSSR count). The van der Waals surface area contributed by atoms with Gasteiger partial charge in [0, 0.05) is 10.6 Å². The zero-order valence-corrected chi connectivity index (χ0v) is 11.9. The average molecular weight is 297 g/mol. The molecule has 0 saturated heterocycles. The third-order valence-corrected chi connectivity index (χ3v) is 3.53. The lowest BCUT2D eigenvalue weighted by Crippen LogP contribution is -2.12. The van der Waals surface area contributed by atoms with Gasteiger partial charge < -0.3 is 15.3 Å². The predicted octanol–water partition coefficient (Wildman–Crippen LogP) is 3.25. The van der Waals surface area contributed by atoms with E-state index >= 15 is 0 Å². The van der Waals surface area contributed by atoms with Gasteiger partial charge in [0.15, 0.2) is 5.84 Å². The maximum Gasteiger partial charge on any atom is 0.180 e. The predicted molar refractivity (Wildman–Crippen MR) is 77.8 cm³/mol. The van der Waals surface area contributed by atoms with E-state index in [1.165, 1.54) is 11.3 Å². The number of oxime groups is 1. The van der Waals surface area contributed by atoms with Gasteiger partial charge in [-0.1, -0.05) is 22.8 Å². The van der Waals surface area contributed by atoms with Gasteiger partial charge in [0.25, 0.3) is 0 Å². The minimum atomic E-state index is 0.246. The van der Waals surface area contributed by atoms with Crippen LogP contribution in [0.15, 0.2) is 40.9 Å². The first-order chi connectivity index (χ1) is 9.20. The number of rotatable bonds is 5. The second kappa shape index (κ2) is 6.45. The highest BCUT2D eigenvalue weighted by molar-refractivity contribution is 7.12.